The highest BCUT2D eigenvalue weighted by Crippen LogP contribution is 2.38. The van der Waals surface area contributed by atoms with Crippen LogP contribution >= 0.6 is 0 Å². The van der Waals surface area contributed by atoms with E-state index in [4.69, 9.17) is 9.84 Å². The summed E-state index contributed by atoms with van der Waals surface area (Å²) in [5.74, 6) is -0.602. The van der Waals surface area contributed by atoms with Crippen molar-refractivity contribution in [2.24, 2.45) is 0 Å². The highest BCUT2D eigenvalue weighted by Gasteiger charge is 2.38. The zero-order valence-electron chi connectivity index (χ0n) is 14.1. The third-order valence-corrected chi connectivity index (χ3v) is 4.71. The Hall–Kier alpha value is -2.82. The van der Waals surface area contributed by atoms with E-state index in [0.717, 1.165) is 24.8 Å². The number of amides is 1. The number of carbonyl (C=O) groups is 2. The number of aliphatic carboxylic acids is 1. The number of hydrogen-bond acceptors (Lipinski definition) is 3. The van der Waals surface area contributed by atoms with E-state index in [2.05, 4.69) is 11.4 Å². The summed E-state index contributed by atoms with van der Waals surface area (Å²) in [6.07, 6.45) is 2.81. The van der Waals surface area contributed by atoms with Crippen LogP contribution in [0.4, 0.5) is 5.69 Å². The van der Waals surface area contributed by atoms with Crippen LogP contribution in [0.25, 0.3) is 0 Å². The van der Waals surface area contributed by atoms with Gasteiger partial charge < -0.3 is 15.2 Å². The number of nitrogens with one attached hydrogen (secondary N) is 1. The molecule has 25 heavy (non-hydrogen) atoms. The maximum Gasteiger partial charge on any atom is 0.341 e. The third-order valence-electron chi connectivity index (χ3n) is 4.71. The molecule has 0 aliphatic heterocycles. The van der Waals surface area contributed by atoms with E-state index < -0.39 is 11.4 Å². The quantitative estimate of drug-likeness (QED) is 0.875. The van der Waals surface area contributed by atoms with Gasteiger partial charge in [-0.05, 0) is 61.6 Å². The number of benzene rings is 2. The van der Waals surface area contributed by atoms with Gasteiger partial charge in [-0.1, -0.05) is 24.3 Å². The molecule has 0 heterocycles. The van der Waals surface area contributed by atoms with Crippen LogP contribution in [0.15, 0.2) is 48.5 Å². The van der Waals surface area contributed by atoms with Gasteiger partial charge in [0.1, 0.15) is 5.75 Å². The summed E-state index contributed by atoms with van der Waals surface area (Å²) < 4.78 is 5.10. The Morgan fingerprint density at radius 2 is 1.88 bits per heavy atom. The zero-order valence-corrected chi connectivity index (χ0v) is 14.1. The predicted molar refractivity (Wildman–Crippen MR) is 94.9 cm³/mol. The maximum atomic E-state index is 12.9. The summed E-state index contributed by atoms with van der Waals surface area (Å²) in [4.78, 5) is 23.4. The fourth-order valence-electron chi connectivity index (χ4n) is 3.33. The summed E-state index contributed by atoms with van der Waals surface area (Å²) >= 11 is 0. The third kappa shape index (κ3) is 3.65. The predicted octanol–water partition coefficient (Wildman–Crippen LogP) is 3.38. The number of aryl methyl sites for hydroxylation is 1. The van der Waals surface area contributed by atoms with E-state index in [1.807, 2.05) is 25.1 Å². The van der Waals surface area contributed by atoms with Crippen molar-refractivity contribution in [1.82, 2.24) is 0 Å². The summed E-state index contributed by atoms with van der Waals surface area (Å²) in [7, 11) is 0. The van der Waals surface area contributed by atoms with Crippen LogP contribution < -0.4 is 10.1 Å². The molecule has 5 nitrogen and oxygen atoms in total. The van der Waals surface area contributed by atoms with Crippen LogP contribution in [0, 0.1) is 0 Å². The highest BCUT2D eigenvalue weighted by molar-refractivity contribution is 5.99. The summed E-state index contributed by atoms with van der Waals surface area (Å²) in [5, 5.41) is 11.6. The van der Waals surface area contributed by atoms with Gasteiger partial charge in [0.25, 0.3) is 0 Å². The van der Waals surface area contributed by atoms with Crippen LogP contribution in [-0.4, -0.2) is 23.6 Å². The van der Waals surface area contributed by atoms with Gasteiger partial charge >= 0.3 is 5.97 Å². The molecule has 0 saturated carbocycles. The number of fused-ring (bicyclic) bond motifs is 1. The Bertz CT molecular complexity index is 785. The SMILES string of the molecule is CC1(C(=O)Nc2ccc(OCC(=O)O)cc2)CCCc2ccccc21. The Morgan fingerprint density at radius 3 is 2.60 bits per heavy atom. The molecule has 0 radical (unpaired) electrons. The first-order valence-electron chi connectivity index (χ1n) is 8.33. The number of rotatable bonds is 5. The molecular formula is C20H21NO4. The van der Waals surface area contributed by atoms with Crippen molar-refractivity contribution in [2.45, 2.75) is 31.6 Å². The van der Waals surface area contributed by atoms with Crippen LogP contribution in [-0.2, 0) is 21.4 Å². The second-order valence-electron chi connectivity index (χ2n) is 6.50. The fourth-order valence-corrected chi connectivity index (χ4v) is 3.33. The molecule has 2 aromatic carbocycles. The van der Waals surface area contributed by atoms with Crippen molar-refractivity contribution in [3.8, 4) is 5.75 Å². The molecule has 1 atom stereocenters. The topological polar surface area (TPSA) is 75.6 Å². The summed E-state index contributed by atoms with van der Waals surface area (Å²) in [6, 6.07) is 14.8. The number of carbonyl (C=O) groups excluding carboxylic acids is 1. The molecule has 0 aromatic heterocycles. The van der Waals surface area contributed by atoms with Gasteiger partial charge in [0, 0.05) is 5.69 Å². The van der Waals surface area contributed by atoms with Gasteiger partial charge in [0.05, 0.1) is 5.41 Å². The van der Waals surface area contributed by atoms with Crippen molar-refractivity contribution in [1.29, 1.82) is 0 Å². The molecule has 1 amide bonds. The second kappa shape index (κ2) is 6.97. The maximum absolute atomic E-state index is 12.9. The first-order valence-corrected chi connectivity index (χ1v) is 8.33. The first kappa shape index (κ1) is 17.0. The van der Waals surface area contributed by atoms with Crippen LogP contribution in [0.2, 0.25) is 0 Å². The van der Waals surface area contributed by atoms with Crippen molar-refractivity contribution in [2.75, 3.05) is 11.9 Å². The molecule has 2 N–H and O–H groups in total. The molecule has 1 aliphatic rings. The van der Waals surface area contributed by atoms with E-state index in [9.17, 15) is 9.59 Å². The van der Waals surface area contributed by atoms with E-state index in [0.29, 0.717) is 11.4 Å². The molecule has 0 fully saturated rings. The van der Waals surface area contributed by atoms with Crippen molar-refractivity contribution in [3.05, 3.63) is 59.7 Å². The van der Waals surface area contributed by atoms with Crippen molar-refractivity contribution in [3.63, 3.8) is 0 Å². The van der Waals surface area contributed by atoms with Gasteiger partial charge in [-0.3, -0.25) is 4.79 Å². The molecule has 3 rings (SSSR count). The van der Waals surface area contributed by atoms with Gasteiger partial charge in [-0.2, -0.15) is 0 Å². The van der Waals surface area contributed by atoms with Crippen LogP contribution in [0.1, 0.15) is 30.9 Å². The number of ether oxygens (including phenoxy) is 1. The summed E-state index contributed by atoms with van der Waals surface area (Å²) in [5.41, 5.74) is 2.45. The van der Waals surface area contributed by atoms with Gasteiger partial charge in [0.2, 0.25) is 5.91 Å². The van der Waals surface area contributed by atoms with Crippen molar-refractivity contribution >= 4 is 17.6 Å². The molecule has 0 bridgehead atoms. The Labute approximate surface area is 146 Å². The normalized spacial score (nSPS) is 18.9. The molecule has 5 heteroatoms. The minimum absolute atomic E-state index is 0.0288. The lowest BCUT2D eigenvalue weighted by atomic mass is 9.70. The fraction of sp³-hybridized carbons (Fsp3) is 0.300. The first-order chi connectivity index (χ1) is 12.0. The number of anilines is 1. The van der Waals surface area contributed by atoms with Crippen LogP contribution in [0.3, 0.4) is 0 Å². The molecular weight excluding hydrogens is 318 g/mol. The lowest BCUT2D eigenvalue weighted by Crippen LogP contribution is -2.40. The average molecular weight is 339 g/mol. The van der Waals surface area contributed by atoms with Crippen LogP contribution in [0.5, 0.6) is 5.75 Å². The van der Waals surface area contributed by atoms with Gasteiger partial charge in [-0.15, -0.1) is 0 Å². The largest absolute Gasteiger partial charge is 0.482 e. The molecule has 2 aromatic rings. The Kier molecular flexibility index (Phi) is 4.74. The molecule has 1 unspecified atom stereocenters. The second-order valence-corrected chi connectivity index (χ2v) is 6.50. The smallest absolute Gasteiger partial charge is 0.341 e. The molecule has 1 aliphatic carbocycles. The summed E-state index contributed by atoms with van der Waals surface area (Å²) in [6.45, 7) is 1.60. The van der Waals surface area contributed by atoms with Crippen molar-refractivity contribution < 1.29 is 19.4 Å². The zero-order chi connectivity index (χ0) is 17.9. The molecule has 0 spiro atoms. The average Bonchev–Trinajstić information content (AvgIpc) is 2.61. The lowest BCUT2D eigenvalue weighted by molar-refractivity contribution is -0.139. The monoisotopic (exact) mass is 339 g/mol. The lowest BCUT2D eigenvalue weighted by Gasteiger charge is -2.34. The molecule has 130 valence electrons. The minimum Gasteiger partial charge on any atom is -0.482 e. The van der Waals surface area contributed by atoms with E-state index in [-0.39, 0.29) is 12.5 Å². The minimum atomic E-state index is -1.03. The highest BCUT2D eigenvalue weighted by atomic mass is 16.5. The Morgan fingerprint density at radius 1 is 1.16 bits per heavy atom. The number of carboxylic acid groups (broad SMARTS) is 1. The Balaban J connectivity index is 1.73. The van der Waals surface area contributed by atoms with Gasteiger partial charge in [-0.25, -0.2) is 4.79 Å². The van der Waals surface area contributed by atoms with E-state index in [1.165, 1.54) is 5.56 Å². The number of carboxylic acids is 1. The number of hydrogen-bond donors (Lipinski definition) is 2. The standard InChI is InChI=1S/C20H21NO4/c1-20(12-4-6-14-5-2-3-7-17(14)20)19(24)21-15-8-10-16(11-9-15)25-13-18(22)23/h2-3,5,7-11H,4,6,12-13H2,1H3,(H,21,24)(H,22,23). The molecule has 0 saturated heterocycles. The van der Waals surface area contributed by atoms with Gasteiger partial charge in [0.15, 0.2) is 6.61 Å². The van der Waals surface area contributed by atoms with E-state index in [1.54, 1.807) is 24.3 Å². The van der Waals surface area contributed by atoms with E-state index >= 15 is 0 Å².